The Hall–Kier alpha value is -1.22. The Morgan fingerprint density at radius 2 is 2.06 bits per heavy atom. The van der Waals surface area contributed by atoms with Crippen molar-refractivity contribution in [2.24, 2.45) is 0 Å². The lowest BCUT2D eigenvalue weighted by atomic mass is 9.95. The first-order valence-electron chi connectivity index (χ1n) is 6.09. The van der Waals surface area contributed by atoms with Crippen molar-refractivity contribution in [1.82, 2.24) is 5.32 Å². The van der Waals surface area contributed by atoms with Crippen LogP contribution in [0.15, 0.2) is 6.07 Å². The fourth-order valence-electron chi connectivity index (χ4n) is 2.70. The molecule has 3 heteroatoms. The molecule has 0 aromatic heterocycles. The molecule has 0 fully saturated rings. The molecule has 0 saturated heterocycles. The van der Waals surface area contributed by atoms with E-state index in [1.165, 1.54) is 22.4 Å². The first kappa shape index (κ1) is 9.97. The van der Waals surface area contributed by atoms with E-state index in [2.05, 4.69) is 23.6 Å². The van der Waals surface area contributed by atoms with Gasteiger partial charge in [0.1, 0.15) is 12.4 Å². The highest BCUT2D eigenvalue weighted by atomic mass is 16.5. The van der Waals surface area contributed by atoms with E-state index in [0.717, 1.165) is 44.8 Å². The summed E-state index contributed by atoms with van der Waals surface area (Å²) in [6.07, 6.45) is 2.25. The molecule has 3 nitrogen and oxygen atoms in total. The maximum absolute atomic E-state index is 5.78. The van der Waals surface area contributed by atoms with Gasteiger partial charge in [0.15, 0.2) is 0 Å². The van der Waals surface area contributed by atoms with E-state index in [9.17, 15) is 0 Å². The molecule has 0 bridgehead atoms. The number of anilines is 1. The van der Waals surface area contributed by atoms with Crippen LogP contribution in [-0.4, -0.2) is 26.2 Å². The molecule has 3 rings (SSSR count). The van der Waals surface area contributed by atoms with Gasteiger partial charge >= 0.3 is 0 Å². The summed E-state index contributed by atoms with van der Waals surface area (Å²) >= 11 is 0. The molecule has 0 radical (unpaired) electrons. The van der Waals surface area contributed by atoms with Gasteiger partial charge in [0.2, 0.25) is 0 Å². The van der Waals surface area contributed by atoms with Crippen molar-refractivity contribution in [3.8, 4) is 5.75 Å². The number of benzene rings is 1. The standard InChI is InChI=1S/C13H18N2O/c1-9-11-3-5-14-4-2-10(11)8-12-13(9)16-7-6-15-12/h8,14-15H,2-7H2,1H3. The fraction of sp³-hybridized carbons (Fsp3) is 0.538. The second-order valence-electron chi connectivity index (χ2n) is 4.54. The van der Waals surface area contributed by atoms with Crippen LogP contribution in [0.5, 0.6) is 5.75 Å². The second-order valence-corrected chi connectivity index (χ2v) is 4.54. The number of nitrogens with one attached hydrogen (secondary N) is 2. The van der Waals surface area contributed by atoms with Crippen LogP contribution in [0.2, 0.25) is 0 Å². The zero-order chi connectivity index (χ0) is 11.0. The summed E-state index contributed by atoms with van der Waals surface area (Å²) in [6.45, 7) is 6.07. The third-order valence-corrected chi connectivity index (χ3v) is 3.53. The van der Waals surface area contributed by atoms with E-state index in [4.69, 9.17) is 4.74 Å². The van der Waals surface area contributed by atoms with Crippen molar-refractivity contribution in [1.29, 1.82) is 0 Å². The average molecular weight is 218 g/mol. The molecule has 2 heterocycles. The maximum atomic E-state index is 5.78. The van der Waals surface area contributed by atoms with Crippen LogP contribution >= 0.6 is 0 Å². The van der Waals surface area contributed by atoms with Gasteiger partial charge in [-0.1, -0.05) is 0 Å². The molecule has 0 atom stereocenters. The molecule has 86 valence electrons. The van der Waals surface area contributed by atoms with Gasteiger partial charge in [0, 0.05) is 6.54 Å². The SMILES string of the molecule is Cc1c2c(cc3c1OCCN3)CCNCC2. The van der Waals surface area contributed by atoms with Crippen molar-refractivity contribution in [3.63, 3.8) is 0 Å². The Bertz CT molecular complexity index is 415. The van der Waals surface area contributed by atoms with Crippen molar-refractivity contribution >= 4 is 5.69 Å². The van der Waals surface area contributed by atoms with Crippen LogP contribution in [0.4, 0.5) is 5.69 Å². The number of fused-ring (bicyclic) bond motifs is 2. The van der Waals surface area contributed by atoms with E-state index in [1.54, 1.807) is 0 Å². The number of ether oxygens (including phenoxy) is 1. The molecule has 0 unspecified atom stereocenters. The van der Waals surface area contributed by atoms with Crippen molar-refractivity contribution in [3.05, 3.63) is 22.8 Å². The van der Waals surface area contributed by atoms with Crippen LogP contribution in [0.3, 0.4) is 0 Å². The smallest absolute Gasteiger partial charge is 0.145 e. The van der Waals surface area contributed by atoms with Gasteiger partial charge < -0.3 is 15.4 Å². The minimum absolute atomic E-state index is 0.783. The van der Waals surface area contributed by atoms with E-state index >= 15 is 0 Å². The highest BCUT2D eigenvalue weighted by Gasteiger charge is 2.19. The first-order chi connectivity index (χ1) is 7.86. The monoisotopic (exact) mass is 218 g/mol. The topological polar surface area (TPSA) is 33.3 Å². The zero-order valence-corrected chi connectivity index (χ0v) is 9.73. The van der Waals surface area contributed by atoms with Crippen LogP contribution < -0.4 is 15.4 Å². The van der Waals surface area contributed by atoms with E-state index in [1.807, 2.05) is 0 Å². The second kappa shape index (κ2) is 3.98. The van der Waals surface area contributed by atoms with Gasteiger partial charge in [-0.3, -0.25) is 0 Å². The summed E-state index contributed by atoms with van der Waals surface area (Å²) in [5, 5.41) is 6.88. The molecule has 2 aliphatic heterocycles. The molecule has 16 heavy (non-hydrogen) atoms. The van der Waals surface area contributed by atoms with Crippen LogP contribution in [0.1, 0.15) is 16.7 Å². The van der Waals surface area contributed by atoms with Gasteiger partial charge in [-0.2, -0.15) is 0 Å². The van der Waals surface area contributed by atoms with Crippen LogP contribution in [0, 0.1) is 6.92 Å². The molecule has 0 amide bonds. The molecule has 1 aromatic rings. The maximum Gasteiger partial charge on any atom is 0.145 e. The van der Waals surface area contributed by atoms with E-state index in [0.29, 0.717) is 0 Å². The van der Waals surface area contributed by atoms with Crippen molar-refractivity contribution < 1.29 is 4.74 Å². The Balaban J connectivity index is 2.12. The fourth-order valence-corrected chi connectivity index (χ4v) is 2.70. The molecular weight excluding hydrogens is 200 g/mol. The quantitative estimate of drug-likeness (QED) is 0.692. The van der Waals surface area contributed by atoms with Gasteiger partial charge in [-0.25, -0.2) is 0 Å². The molecule has 2 N–H and O–H groups in total. The first-order valence-corrected chi connectivity index (χ1v) is 6.09. The van der Waals surface area contributed by atoms with Crippen LogP contribution in [-0.2, 0) is 12.8 Å². The Morgan fingerprint density at radius 3 is 3.00 bits per heavy atom. The molecular formula is C13H18N2O. The summed E-state index contributed by atoms with van der Waals surface area (Å²) in [6, 6.07) is 2.28. The van der Waals surface area contributed by atoms with Gasteiger partial charge in [0.25, 0.3) is 0 Å². The molecule has 1 aromatic carbocycles. The van der Waals surface area contributed by atoms with E-state index in [-0.39, 0.29) is 0 Å². The summed E-state index contributed by atoms with van der Waals surface area (Å²) in [4.78, 5) is 0. The number of hydrogen-bond acceptors (Lipinski definition) is 3. The minimum Gasteiger partial charge on any atom is -0.489 e. The molecule has 0 saturated carbocycles. The number of hydrogen-bond donors (Lipinski definition) is 2. The summed E-state index contributed by atoms with van der Waals surface area (Å²) in [5.41, 5.74) is 5.50. The van der Waals surface area contributed by atoms with Gasteiger partial charge in [-0.05, 0) is 55.6 Å². The van der Waals surface area contributed by atoms with Crippen molar-refractivity contribution in [2.45, 2.75) is 19.8 Å². The predicted molar refractivity (Wildman–Crippen MR) is 65.4 cm³/mol. The average Bonchev–Trinajstić information content (AvgIpc) is 2.55. The summed E-state index contributed by atoms with van der Waals surface area (Å²) < 4.78 is 5.78. The zero-order valence-electron chi connectivity index (χ0n) is 9.73. The van der Waals surface area contributed by atoms with Gasteiger partial charge in [-0.15, -0.1) is 0 Å². The third-order valence-electron chi connectivity index (χ3n) is 3.53. The largest absolute Gasteiger partial charge is 0.489 e. The lowest BCUT2D eigenvalue weighted by molar-refractivity contribution is 0.320. The minimum atomic E-state index is 0.783. The van der Waals surface area contributed by atoms with Crippen molar-refractivity contribution in [2.75, 3.05) is 31.6 Å². The van der Waals surface area contributed by atoms with E-state index < -0.39 is 0 Å². The summed E-state index contributed by atoms with van der Waals surface area (Å²) in [7, 11) is 0. The lowest BCUT2D eigenvalue weighted by Crippen LogP contribution is -2.20. The normalized spacial score (nSPS) is 18.8. The molecule has 0 aliphatic carbocycles. The number of rotatable bonds is 0. The highest BCUT2D eigenvalue weighted by molar-refractivity contribution is 5.65. The molecule has 0 spiro atoms. The third kappa shape index (κ3) is 1.55. The highest BCUT2D eigenvalue weighted by Crippen LogP contribution is 2.36. The Labute approximate surface area is 96.2 Å². The van der Waals surface area contributed by atoms with Crippen LogP contribution in [0.25, 0.3) is 0 Å². The van der Waals surface area contributed by atoms with Gasteiger partial charge in [0.05, 0.1) is 5.69 Å². The lowest BCUT2D eigenvalue weighted by Gasteiger charge is -2.24. The Kier molecular flexibility index (Phi) is 2.48. The predicted octanol–water partition coefficient (Wildman–Crippen LogP) is 1.49. The summed E-state index contributed by atoms with van der Waals surface area (Å²) in [5.74, 6) is 1.08. The Morgan fingerprint density at radius 1 is 1.19 bits per heavy atom. The molecule has 2 aliphatic rings.